The highest BCUT2D eigenvalue weighted by Crippen LogP contribution is 2.28. The van der Waals surface area contributed by atoms with Gasteiger partial charge < -0.3 is 5.32 Å². The van der Waals surface area contributed by atoms with Crippen LogP contribution in [0.2, 0.25) is 0 Å². The Morgan fingerprint density at radius 1 is 1.29 bits per heavy atom. The highest BCUT2D eigenvalue weighted by molar-refractivity contribution is 9.11. The molecule has 1 aromatic heterocycles. The molecule has 1 aromatic rings. The van der Waals surface area contributed by atoms with Crippen molar-refractivity contribution in [3.05, 3.63) is 20.3 Å². The summed E-state index contributed by atoms with van der Waals surface area (Å²) in [5.41, 5.74) is 1.39. The van der Waals surface area contributed by atoms with Crippen LogP contribution in [0.4, 0.5) is 0 Å². The highest BCUT2D eigenvalue weighted by atomic mass is 79.9. The molecule has 1 aliphatic carbocycles. The molecule has 17 heavy (non-hydrogen) atoms. The molecule has 0 radical (unpaired) electrons. The van der Waals surface area contributed by atoms with E-state index in [0.717, 1.165) is 6.04 Å². The molecule has 0 bridgehead atoms. The summed E-state index contributed by atoms with van der Waals surface area (Å²) >= 11 is 5.49. The van der Waals surface area contributed by atoms with E-state index in [2.05, 4.69) is 34.2 Å². The Bertz CT molecular complexity index is 324. The Kier molecular flexibility index (Phi) is 5.51. The van der Waals surface area contributed by atoms with Crippen LogP contribution in [0.3, 0.4) is 0 Å². The maximum absolute atomic E-state index is 3.59. The molecule has 0 aliphatic heterocycles. The van der Waals surface area contributed by atoms with Crippen molar-refractivity contribution < 1.29 is 0 Å². The zero-order valence-electron chi connectivity index (χ0n) is 10.6. The summed E-state index contributed by atoms with van der Waals surface area (Å²) in [4.78, 5) is 1.53. The van der Waals surface area contributed by atoms with E-state index in [0.29, 0.717) is 0 Å². The fourth-order valence-electron chi connectivity index (χ4n) is 2.02. The molecule has 0 saturated heterocycles. The van der Waals surface area contributed by atoms with Crippen molar-refractivity contribution in [3.63, 3.8) is 0 Å². The smallest absolute Gasteiger partial charge is 0.0730 e. The second kappa shape index (κ2) is 6.91. The molecular formula is C14H22BrNS. The average molecular weight is 316 g/mol. The van der Waals surface area contributed by atoms with Crippen LogP contribution in [0.15, 0.2) is 9.85 Å². The second-order valence-electron chi connectivity index (χ2n) is 5.06. The molecule has 1 heterocycles. The quantitative estimate of drug-likeness (QED) is 0.687. The Morgan fingerprint density at radius 2 is 2.06 bits per heavy atom. The van der Waals surface area contributed by atoms with E-state index in [1.54, 1.807) is 0 Å². The minimum absolute atomic E-state index is 0.876. The number of unbranched alkanes of at least 4 members (excludes halogenated alkanes) is 3. The van der Waals surface area contributed by atoms with Crippen LogP contribution < -0.4 is 5.32 Å². The second-order valence-corrected chi connectivity index (χ2v) is 7.52. The van der Waals surface area contributed by atoms with Gasteiger partial charge in [0, 0.05) is 10.9 Å². The van der Waals surface area contributed by atoms with E-state index >= 15 is 0 Å². The van der Waals surface area contributed by atoms with Gasteiger partial charge in [0.1, 0.15) is 0 Å². The first-order chi connectivity index (χ1) is 8.25. The Hall–Kier alpha value is 0.140. The van der Waals surface area contributed by atoms with E-state index in [1.165, 1.54) is 65.7 Å². The third-order valence-corrected chi connectivity index (χ3v) is 5.46. The van der Waals surface area contributed by atoms with Gasteiger partial charge in [-0.25, -0.2) is 0 Å². The molecule has 3 heteroatoms. The highest BCUT2D eigenvalue weighted by Gasteiger charge is 2.19. The maximum atomic E-state index is 3.59. The third kappa shape index (κ3) is 5.11. The minimum atomic E-state index is 0.876. The monoisotopic (exact) mass is 315 g/mol. The number of nitrogens with one attached hydrogen (secondary N) is 1. The molecule has 0 aromatic carbocycles. The minimum Gasteiger partial charge on any atom is -0.314 e. The molecule has 0 amide bonds. The van der Waals surface area contributed by atoms with Gasteiger partial charge in [0.15, 0.2) is 0 Å². The lowest BCUT2D eigenvalue weighted by Gasteiger charge is -2.02. The average Bonchev–Trinajstić information content (AvgIpc) is 3.06. The zero-order valence-corrected chi connectivity index (χ0v) is 13.0. The predicted molar refractivity (Wildman–Crippen MR) is 80.0 cm³/mol. The van der Waals surface area contributed by atoms with Crippen LogP contribution in [-0.4, -0.2) is 12.6 Å². The molecular weight excluding hydrogens is 294 g/mol. The molecule has 1 fully saturated rings. The van der Waals surface area contributed by atoms with Gasteiger partial charge in [0.25, 0.3) is 0 Å². The van der Waals surface area contributed by atoms with Crippen molar-refractivity contribution in [1.82, 2.24) is 5.32 Å². The Morgan fingerprint density at radius 3 is 2.71 bits per heavy atom. The summed E-state index contributed by atoms with van der Waals surface area (Å²) in [5.74, 6) is 0. The standard InChI is InChI=1S/C14H22BrNS/c1-11-10-13(17-14(11)15)6-4-2-3-5-9-16-12-7-8-12/h10,12,16H,2-9H2,1H3. The number of rotatable bonds is 8. The van der Waals surface area contributed by atoms with Gasteiger partial charge in [-0.15, -0.1) is 11.3 Å². The van der Waals surface area contributed by atoms with Gasteiger partial charge in [-0.1, -0.05) is 12.8 Å². The third-order valence-electron chi connectivity index (χ3n) is 3.27. The number of hydrogen-bond acceptors (Lipinski definition) is 2. The lowest BCUT2D eigenvalue weighted by molar-refractivity contribution is 0.586. The summed E-state index contributed by atoms with van der Waals surface area (Å²) in [5, 5.41) is 3.57. The van der Waals surface area contributed by atoms with Gasteiger partial charge in [-0.2, -0.15) is 0 Å². The summed E-state index contributed by atoms with van der Waals surface area (Å²) in [6.45, 7) is 3.40. The van der Waals surface area contributed by atoms with Gasteiger partial charge in [-0.05, 0) is 73.1 Å². The molecule has 0 atom stereocenters. The van der Waals surface area contributed by atoms with Gasteiger partial charge >= 0.3 is 0 Å². The van der Waals surface area contributed by atoms with E-state index in [4.69, 9.17) is 0 Å². The number of aryl methyl sites for hydroxylation is 2. The Labute approximate surface area is 117 Å². The Balaban J connectivity index is 1.47. The van der Waals surface area contributed by atoms with E-state index in [9.17, 15) is 0 Å². The molecule has 1 nitrogen and oxygen atoms in total. The number of thiophene rings is 1. The van der Waals surface area contributed by atoms with Crippen molar-refractivity contribution in [2.75, 3.05) is 6.54 Å². The van der Waals surface area contributed by atoms with Crippen LogP contribution in [0.1, 0.15) is 49.0 Å². The molecule has 2 rings (SSSR count). The van der Waals surface area contributed by atoms with E-state index < -0.39 is 0 Å². The SMILES string of the molecule is Cc1cc(CCCCCCNC2CC2)sc1Br. The first kappa shape index (κ1) is 13.6. The molecule has 0 spiro atoms. The first-order valence-corrected chi connectivity index (χ1v) is 8.35. The van der Waals surface area contributed by atoms with Crippen LogP contribution in [-0.2, 0) is 6.42 Å². The molecule has 1 N–H and O–H groups in total. The van der Waals surface area contributed by atoms with Gasteiger partial charge in [0.05, 0.1) is 3.79 Å². The lowest BCUT2D eigenvalue weighted by atomic mass is 10.1. The fourth-order valence-corrected chi connectivity index (χ4v) is 3.69. The summed E-state index contributed by atoms with van der Waals surface area (Å²) in [6, 6.07) is 3.20. The largest absolute Gasteiger partial charge is 0.314 e. The molecule has 96 valence electrons. The van der Waals surface area contributed by atoms with Crippen LogP contribution in [0.25, 0.3) is 0 Å². The predicted octanol–water partition coefficient (Wildman–Crippen LogP) is 4.67. The normalized spacial score (nSPS) is 15.4. The van der Waals surface area contributed by atoms with Crippen molar-refractivity contribution in [2.45, 2.75) is 57.9 Å². The van der Waals surface area contributed by atoms with Crippen molar-refractivity contribution in [3.8, 4) is 0 Å². The van der Waals surface area contributed by atoms with E-state index in [-0.39, 0.29) is 0 Å². The van der Waals surface area contributed by atoms with Crippen LogP contribution in [0, 0.1) is 6.92 Å². The first-order valence-electron chi connectivity index (χ1n) is 6.74. The van der Waals surface area contributed by atoms with Crippen LogP contribution in [0.5, 0.6) is 0 Å². The lowest BCUT2D eigenvalue weighted by Crippen LogP contribution is -2.17. The molecule has 1 saturated carbocycles. The van der Waals surface area contributed by atoms with Gasteiger partial charge in [-0.3, -0.25) is 0 Å². The maximum Gasteiger partial charge on any atom is 0.0730 e. The zero-order chi connectivity index (χ0) is 12.1. The summed E-state index contributed by atoms with van der Waals surface area (Å²) < 4.78 is 1.31. The van der Waals surface area contributed by atoms with Crippen molar-refractivity contribution >= 4 is 27.3 Å². The van der Waals surface area contributed by atoms with Crippen molar-refractivity contribution in [1.29, 1.82) is 0 Å². The topological polar surface area (TPSA) is 12.0 Å². The number of halogens is 1. The fraction of sp³-hybridized carbons (Fsp3) is 0.714. The van der Waals surface area contributed by atoms with Crippen LogP contribution >= 0.6 is 27.3 Å². The van der Waals surface area contributed by atoms with Gasteiger partial charge in [0.2, 0.25) is 0 Å². The van der Waals surface area contributed by atoms with E-state index in [1.807, 2.05) is 11.3 Å². The molecule has 1 aliphatic rings. The van der Waals surface area contributed by atoms with Crippen molar-refractivity contribution in [2.24, 2.45) is 0 Å². The summed E-state index contributed by atoms with van der Waals surface area (Å²) in [6.07, 6.45) is 9.53. The molecule has 0 unspecified atom stereocenters. The summed E-state index contributed by atoms with van der Waals surface area (Å²) in [7, 11) is 0. The number of hydrogen-bond donors (Lipinski definition) is 1.